The molecule has 60 valence electrons. The lowest BCUT2D eigenvalue weighted by molar-refractivity contribution is -0.142. The topological polar surface area (TPSA) is 26.3 Å². The van der Waals surface area contributed by atoms with Crippen molar-refractivity contribution in [3.05, 3.63) is 0 Å². The van der Waals surface area contributed by atoms with E-state index >= 15 is 0 Å². The van der Waals surface area contributed by atoms with E-state index in [4.69, 9.17) is 4.74 Å². The Kier molecular flexibility index (Phi) is 4.08. The van der Waals surface area contributed by atoms with Gasteiger partial charge in [-0.15, -0.1) is 0 Å². The summed E-state index contributed by atoms with van der Waals surface area (Å²) in [6.07, 6.45) is 0. The molecule has 2 nitrogen and oxygen atoms in total. The van der Waals surface area contributed by atoms with Crippen LogP contribution >= 0.6 is 0 Å². The maximum absolute atomic E-state index is 10.3. The molecule has 0 rings (SSSR count). The quantitative estimate of drug-likeness (QED) is 0.565. The molecule has 0 bridgehead atoms. The summed E-state index contributed by atoms with van der Waals surface area (Å²) in [5, 5.41) is 0. The van der Waals surface area contributed by atoms with Crippen LogP contribution in [-0.4, -0.2) is 12.6 Å². The van der Waals surface area contributed by atoms with Crippen LogP contribution in [0.1, 0.15) is 27.7 Å². The van der Waals surface area contributed by atoms with E-state index in [2.05, 4.69) is 20.8 Å². The molecule has 10 heavy (non-hydrogen) atoms. The summed E-state index contributed by atoms with van der Waals surface area (Å²) >= 11 is 0. The smallest absolute Gasteiger partial charge is 0.302 e. The molecule has 0 aliphatic carbocycles. The van der Waals surface area contributed by atoms with Crippen LogP contribution in [-0.2, 0) is 9.53 Å². The van der Waals surface area contributed by atoms with Gasteiger partial charge in [0.05, 0.1) is 6.61 Å². The Hall–Kier alpha value is -0.530. The minimum atomic E-state index is -0.187. The van der Waals surface area contributed by atoms with Crippen LogP contribution in [0.15, 0.2) is 0 Å². The monoisotopic (exact) mass is 144 g/mol. The zero-order valence-electron chi connectivity index (χ0n) is 7.18. The average molecular weight is 144 g/mol. The Balaban J connectivity index is 3.39. The number of rotatable bonds is 3. The fourth-order valence-corrected chi connectivity index (χ4v) is 0.441. The van der Waals surface area contributed by atoms with Gasteiger partial charge >= 0.3 is 5.97 Å². The SMILES string of the molecule is CC(=O)OC[C@@H](C)C(C)C. The van der Waals surface area contributed by atoms with Crippen molar-refractivity contribution in [3.8, 4) is 0 Å². The Morgan fingerprint density at radius 2 is 1.90 bits per heavy atom. The molecule has 0 radical (unpaired) electrons. The fraction of sp³-hybridized carbons (Fsp3) is 0.875. The summed E-state index contributed by atoms with van der Waals surface area (Å²) in [5.74, 6) is 0.857. The fourth-order valence-electron chi connectivity index (χ4n) is 0.441. The van der Waals surface area contributed by atoms with Gasteiger partial charge in [-0.1, -0.05) is 20.8 Å². The number of carbonyl (C=O) groups is 1. The second-order valence-electron chi connectivity index (χ2n) is 3.02. The first-order valence-electron chi connectivity index (χ1n) is 3.67. The third-order valence-corrected chi connectivity index (χ3v) is 1.69. The number of hydrogen-bond donors (Lipinski definition) is 0. The van der Waals surface area contributed by atoms with Crippen molar-refractivity contribution in [1.29, 1.82) is 0 Å². The second-order valence-corrected chi connectivity index (χ2v) is 3.02. The molecule has 0 aromatic rings. The highest BCUT2D eigenvalue weighted by molar-refractivity contribution is 5.65. The van der Waals surface area contributed by atoms with E-state index in [-0.39, 0.29) is 5.97 Å². The van der Waals surface area contributed by atoms with Gasteiger partial charge in [0.15, 0.2) is 0 Å². The van der Waals surface area contributed by atoms with Crippen LogP contribution in [0, 0.1) is 11.8 Å². The highest BCUT2D eigenvalue weighted by Crippen LogP contribution is 2.09. The molecule has 0 unspecified atom stereocenters. The zero-order valence-corrected chi connectivity index (χ0v) is 7.18. The Morgan fingerprint density at radius 3 is 2.20 bits per heavy atom. The highest BCUT2D eigenvalue weighted by atomic mass is 16.5. The molecule has 0 amide bonds. The molecule has 0 aliphatic rings. The average Bonchev–Trinajstić information content (AvgIpc) is 1.82. The lowest BCUT2D eigenvalue weighted by Gasteiger charge is -2.14. The lowest BCUT2D eigenvalue weighted by atomic mass is 9.99. The summed E-state index contributed by atoms with van der Waals surface area (Å²) in [6, 6.07) is 0. The molecule has 0 spiro atoms. The normalized spacial score (nSPS) is 13.3. The van der Waals surface area contributed by atoms with Gasteiger partial charge in [-0.2, -0.15) is 0 Å². The van der Waals surface area contributed by atoms with Crippen molar-refractivity contribution in [2.75, 3.05) is 6.61 Å². The summed E-state index contributed by atoms with van der Waals surface area (Å²) in [4.78, 5) is 10.3. The maximum atomic E-state index is 10.3. The predicted molar refractivity (Wildman–Crippen MR) is 40.6 cm³/mol. The van der Waals surface area contributed by atoms with Crippen molar-refractivity contribution in [1.82, 2.24) is 0 Å². The van der Waals surface area contributed by atoms with Gasteiger partial charge in [0, 0.05) is 6.92 Å². The van der Waals surface area contributed by atoms with Crippen LogP contribution in [0.25, 0.3) is 0 Å². The van der Waals surface area contributed by atoms with Crippen molar-refractivity contribution in [2.45, 2.75) is 27.7 Å². The van der Waals surface area contributed by atoms with Crippen LogP contribution < -0.4 is 0 Å². The first kappa shape index (κ1) is 9.47. The Bertz CT molecular complexity index is 108. The summed E-state index contributed by atoms with van der Waals surface area (Å²) in [7, 11) is 0. The molecule has 0 saturated heterocycles. The summed E-state index contributed by atoms with van der Waals surface area (Å²) < 4.78 is 4.83. The third kappa shape index (κ3) is 4.36. The van der Waals surface area contributed by atoms with Crippen molar-refractivity contribution >= 4 is 5.97 Å². The van der Waals surface area contributed by atoms with Crippen LogP contribution in [0.5, 0.6) is 0 Å². The van der Waals surface area contributed by atoms with Crippen LogP contribution in [0.3, 0.4) is 0 Å². The number of esters is 1. The van der Waals surface area contributed by atoms with Crippen molar-refractivity contribution in [3.63, 3.8) is 0 Å². The first-order valence-corrected chi connectivity index (χ1v) is 3.67. The van der Waals surface area contributed by atoms with Crippen molar-refractivity contribution in [2.24, 2.45) is 11.8 Å². The third-order valence-electron chi connectivity index (χ3n) is 1.69. The van der Waals surface area contributed by atoms with Gasteiger partial charge in [0.2, 0.25) is 0 Å². The zero-order chi connectivity index (χ0) is 8.15. The van der Waals surface area contributed by atoms with Crippen molar-refractivity contribution < 1.29 is 9.53 Å². The minimum Gasteiger partial charge on any atom is -0.466 e. The van der Waals surface area contributed by atoms with Gasteiger partial charge in [0.25, 0.3) is 0 Å². The van der Waals surface area contributed by atoms with E-state index in [1.807, 2.05) is 0 Å². The number of hydrogen-bond acceptors (Lipinski definition) is 2. The molecule has 0 aromatic heterocycles. The summed E-state index contributed by atoms with van der Waals surface area (Å²) in [5.41, 5.74) is 0. The van der Waals surface area contributed by atoms with Gasteiger partial charge in [-0.25, -0.2) is 0 Å². The van der Waals surface area contributed by atoms with Gasteiger partial charge in [-0.3, -0.25) is 4.79 Å². The molecule has 1 atom stereocenters. The number of carbonyl (C=O) groups excluding carboxylic acids is 1. The molecule has 0 aromatic carbocycles. The highest BCUT2D eigenvalue weighted by Gasteiger charge is 2.07. The Labute approximate surface area is 62.6 Å². The molecule has 0 saturated carbocycles. The standard InChI is InChI=1S/C8H16O2/c1-6(2)7(3)5-10-8(4)9/h6-7H,5H2,1-4H3/t7-/m1/s1. The van der Waals surface area contributed by atoms with Gasteiger partial charge in [0.1, 0.15) is 0 Å². The first-order chi connectivity index (χ1) is 4.54. The van der Waals surface area contributed by atoms with E-state index in [1.165, 1.54) is 6.92 Å². The minimum absolute atomic E-state index is 0.187. The molecule has 0 N–H and O–H groups in total. The van der Waals surface area contributed by atoms with Crippen LogP contribution in [0.2, 0.25) is 0 Å². The molecule has 0 aliphatic heterocycles. The van der Waals surface area contributed by atoms with Gasteiger partial charge in [-0.05, 0) is 11.8 Å². The molecule has 0 fully saturated rings. The molecule has 0 heterocycles. The van der Waals surface area contributed by atoms with E-state index < -0.39 is 0 Å². The second kappa shape index (κ2) is 4.31. The van der Waals surface area contributed by atoms with E-state index in [9.17, 15) is 4.79 Å². The number of ether oxygens (including phenoxy) is 1. The summed E-state index contributed by atoms with van der Waals surface area (Å²) in [6.45, 7) is 8.30. The van der Waals surface area contributed by atoms with Gasteiger partial charge < -0.3 is 4.74 Å². The van der Waals surface area contributed by atoms with E-state index in [0.29, 0.717) is 18.4 Å². The van der Waals surface area contributed by atoms with Crippen LogP contribution in [0.4, 0.5) is 0 Å². The maximum Gasteiger partial charge on any atom is 0.302 e. The predicted octanol–water partition coefficient (Wildman–Crippen LogP) is 1.84. The molecular weight excluding hydrogens is 128 g/mol. The Morgan fingerprint density at radius 1 is 1.40 bits per heavy atom. The lowest BCUT2D eigenvalue weighted by Crippen LogP contribution is -2.14. The molecular formula is C8H16O2. The van der Waals surface area contributed by atoms with E-state index in [0.717, 1.165) is 0 Å². The largest absolute Gasteiger partial charge is 0.466 e. The van der Waals surface area contributed by atoms with E-state index in [1.54, 1.807) is 0 Å². The molecule has 2 heteroatoms.